The predicted octanol–water partition coefficient (Wildman–Crippen LogP) is -0.0436. The van der Waals surface area contributed by atoms with Crippen molar-refractivity contribution in [3.8, 4) is 0 Å². The van der Waals surface area contributed by atoms with E-state index in [1.807, 2.05) is 6.92 Å². The molecule has 2 unspecified atom stereocenters. The molecule has 2 aliphatic rings. The Morgan fingerprint density at radius 3 is 2.46 bits per heavy atom. The lowest BCUT2D eigenvalue weighted by Gasteiger charge is -2.34. The molecule has 2 heterocycles. The summed E-state index contributed by atoms with van der Waals surface area (Å²) in [7, 11) is 0. The first-order chi connectivity index (χ1) is 6.20. The van der Waals surface area contributed by atoms with Gasteiger partial charge in [-0.1, -0.05) is 0 Å². The van der Waals surface area contributed by atoms with Crippen LogP contribution in [0, 0.1) is 11.8 Å². The molecular formula is C10H20N2O. The van der Waals surface area contributed by atoms with Gasteiger partial charge in [0.05, 0.1) is 5.60 Å². The van der Waals surface area contributed by atoms with Gasteiger partial charge in [-0.3, -0.25) is 0 Å². The molecule has 0 amide bonds. The third-order valence-corrected chi connectivity index (χ3v) is 3.60. The lowest BCUT2D eigenvalue weighted by molar-refractivity contribution is 0.00468. The van der Waals surface area contributed by atoms with Gasteiger partial charge in [0.15, 0.2) is 0 Å². The fourth-order valence-electron chi connectivity index (χ4n) is 2.75. The van der Waals surface area contributed by atoms with Crippen molar-refractivity contribution in [1.82, 2.24) is 10.6 Å². The number of nitrogens with one attached hydrogen (secondary N) is 2. The van der Waals surface area contributed by atoms with Crippen molar-refractivity contribution in [2.75, 3.05) is 26.2 Å². The van der Waals surface area contributed by atoms with Crippen LogP contribution in [0.4, 0.5) is 0 Å². The molecule has 3 nitrogen and oxygen atoms in total. The van der Waals surface area contributed by atoms with Gasteiger partial charge in [-0.25, -0.2) is 0 Å². The Kier molecular flexibility index (Phi) is 2.58. The van der Waals surface area contributed by atoms with Crippen molar-refractivity contribution in [2.24, 2.45) is 11.8 Å². The first-order valence-corrected chi connectivity index (χ1v) is 5.34. The van der Waals surface area contributed by atoms with E-state index in [0.717, 1.165) is 26.2 Å². The van der Waals surface area contributed by atoms with E-state index in [1.54, 1.807) is 0 Å². The molecule has 3 N–H and O–H groups in total. The molecule has 0 saturated carbocycles. The molecule has 2 fully saturated rings. The maximum atomic E-state index is 10.1. The minimum atomic E-state index is -0.470. The van der Waals surface area contributed by atoms with Gasteiger partial charge >= 0.3 is 0 Å². The zero-order valence-corrected chi connectivity index (χ0v) is 8.34. The molecule has 2 atom stereocenters. The molecule has 13 heavy (non-hydrogen) atoms. The van der Waals surface area contributed by atoms with E-state index in [2.05, 4.69) is 10.6 Å². The Morgan fingerprint density at radius 2 is 1.92 bits per heavy atom. The minimum Gasteiger partial charge on any atom is -0.389 e. The third-order valence-electron chi connectivity index (χ3n) is 3.60. The van der Waals surface area contributed by atoms with Crippen LogP contribution >= 0.6 is 0 Å². The molecule has 2 rings (SSSR count). The Morgan fingerprint density at radius 1 is 1.23 bits per heavy atom. The van der Waals surface area contributed by atoms with Gasteiger partial charge in [-0.15, -0.1) is 0 Å². The van der Waals surface area contributed by atoms with Crippen molar-refractivity contribution in [2.45, 2.75) is 25.4 Å². The highest BCUT2D eigenvalue weighted by Crippen LogP contribution is 2.33. The quantitative estimate of drug-likeness (QED) is 0.535. The van der Waals surface area contributed by atoms with E-state index in [4.69, 9.17) is 0 Å². The van der Waals surface area contributed by atoms with Gasteiger partial charge in [-0.2, -0.15) is 0 Å². The summed E-state index contributed by atoms with van der Waals surface area (Å²) in [5.41, 5.74) is -0.470. The van der Waals surface area contributed by atoms with E-state index in [1.165, 1.54) is 12.8 Å². The van der Waals surface area contributed by atoms with Crippen LogP contribution in [0.25, 0.3) is 0 Å². The minimum absolute atomic E-state index is 0.467. The van der Waals surface area contributed by atoms with E-state index in [0.29, 0.717) is 11.8 Å². The molecule has 2 saturated heterocycles. The monoisotopic (exact) mass is 184 g/mol. The van der Waals surface area contributed by atoms with Crippen molar-refractivity contribution in [1.29, 1.82) is 0 Å². The van der Waals surface area contributed by atoms with Crippen molar-refractivity contribution < 1.29 is 5.11 Å². The molecule has 0 bridgehead atoms. The highest BCUT2D eigenvalue weighted by atomic mass is 16.3. The SMILES string of the molecule is CC1(O)CNCC1C1CCNCC1. The zero-order valence-electron chi connectivity index (χ0n) is 8.34. The van der Waals surface area contributed by atoms with Gasteiger partial charge in [0, 0.05) is 19.0 Å². The van der Waals surface area contributed by atoms with Crippen LogP contribution in [0.2, 0.25) is 0 Å². The maximum absolute atomic E-state index is 10.1. The van der Waals surface area contributed by atoms with Crippen LogP contribution in [0.15, 0.2) is 0 Å². The average Bonchev–Trinajstić information content (AvgIpc) is 2.47. The van der Waals surface area contributed by atoms with Crippen LogP contribution in [0.5, 0.6) is 0 Å². The average molecular weight is 184 g/mol. The van der Waals surface area contributed by atoms with Crippen molar-refractivity contribution in [3.63, 3.8) is 0 Å². The number of piperidine rings is 1. The lowest BCUT2D eigenvalue weighted by Crippen LogP contribution is -2.42. The van der Waals surface area contributed by atoms with Crippen LogP contribution in [-0.4, -0.2) is 36.9 Å². The summed E-state index contributed by atoms with van der Waals surface area (Å²) in [5.74, 6) is 1.18. The number of hydrogen-bond acceptors (Lipinski definition) is 3. The summed E-state index contributed by atoms with van der Waals surface area (Å²) in [6.45, 7) is 5.98. The second kappa shape index (κ2) is 3.56. The summed E-state index contributed by atoms with van der Waals surface area (Å²) in [6.07, 6.45) is 2.45. The van der Waals surface area contributed by atoms with Gasteiger partial charge < -0.3 is 15.7 Å². The molecule has 2 aliphatic heterocycles. The van der Waals surface area contributed by atoms with Crippen LogP contribution in [-0.2, 0) is 0 Å². The Labute approximate surface area is 79.9 Å². The van der Waals surface area contributed by atoms with E-state index in [-0.39, 0.29) is 0 Å². The molecule has 0 aromatic heterocycles. The second-order valence-corrected chi connectivity index (χ2v) is 4.68. The van der Waals surface area contributed by atoms with Gasteiger partial charge in [0.2, 0.25) is 0 Å². The van der Waals surface area contributed by atoms with Gasteiger partial charge in [0.1, 0.15) is 0 Å². The molecule has 0 aromatic rings. The largest absolute Gasteiger partial charge is 0.389 e. The van der Waals surface area contributed by atoms with Crippen LogP contribution in [0.1, 0.15) is 19.8 Å². The number of aliphatic hydroxyl groups is 1. The summed E-state index contributed by atoms with van der Waals surface area (Å²) < 4.78 is 0. The lowest BCUT2D eigenvalue weighted by atomic mass is 9.77. The van der Waals surface area contributed by atoms with E-state index >= 15 is 0 Å². The van der Waals surface area contributed by atoms with Crippen LogP contribution < -0.4 is 10.6 Å². The van der Waals surface area contributed by atoms with Crippen molar-refractivity contribution >= 4 is 0 Å². The number of β-amino-alcohol motifs (C(OH)–C–C–N with tert-alkyl or cyclic N) is 1. The molecule has 0 aromatic carbocycles. The Hall–Kier alpha value is -0.120. The summed E-state index contributed by atoms with van der Waals surface area (Å²) in [5, 5.41) is 16.8. The molecule has 0 radical (unpaired) electrons. The molecule has 76 valence electrons. The normalized spacial score (nSPS) is 42.5. The fraction of sp³-hybridized carbons (Fsp3) is 1.00. The molecular weight excluding hydrogens is 164 g/mol. The molecule has 0 spiro atoms. The second-order valence-electron chi connectivity index (χ2n) is 4.68. The van der Waals surface area contributed by atoms with Gasteiger partial charge in [-0.05, 0) is 38.8 Å². The standard InChI is InChI=1S/C10H20N2O/c1-10(13)7-12-6-9(10)8-2-4-11-5-3-8/h8-9,11-13H,2-7H2,1H3. The fourth-order valence-corrected chi connectivity index (χ4v) is 2.75. The van der Waals surface area contributed by atoms with E-state index < -0.39 is 5.60 Å². The third kappa shape index (κ3) is 1.87. The zero-order chi connectivity index (χ0) is 9.31. The Bertz CT molecular complexity index is 176. The van der Waals surface area contributed by atoms with Crippen LogP contribution in [0.3, 0.4) is 0 Å². The van der Waals surface area contributed by atoms with E-state index in [9.17, 15) is 5.11 Å². The summed E-state index contributed by atoms with van der Waals surface area (Å²) >= 11 is 0. The topological polar surface area (TPSA) is 44.3 Å². The Balaban J connectivity index is 1.98. The maximum Gasteiger partial charge on any atom is 0.0786 e. The highest BCUT2D eigenvalue weighted by Gasteiger charge is 2.41. The number of rotatable bonds is 1. The van der Waals surface area contributed by atoms with Crippen molar-refractivity contribution in [3.05, 3.63) is 0 Å². The summed E-state index contributed by atoms with van der Waals surface area (Å²) in [4.78, 5) is 0. The smallest absolute Gasteiger partial charge is 0.0786 e. The molecule has 3 heteroatoms. The summed E-state index contributed by atoms with van der Waals surface area (Å²) in [6, 6.07) is 0. The first kappa shape index (κ1) is 9.44. The number of hydrogen-bond donors (Lipinski definition) is 3. The van der Waals surface area contributed by atoms with Gasteiger partial charge in [0.25, 0.3) is 0 Å². The molecule has 0 aliphatic carbocycles. The highest BCUT2D eigenvalue weighted by molar-refractivity contribution is 4.96. The first-order valence-electron chi connectivity index (χ1n) is 5.34. The predicted molar refractivity (Wildman–Crippen MR) is 52.6 cm³/mol.